The maximum absolute atomic E-state index is 13.2. The number of carbonyl (C=O) groups is 1. The summed E-state index contributed by atoms with van der Waals surface area (Å²) >= 11 is 6.40. The van der Waals surface area contributed by atoms with E-state index in [1.165, 1.54) is 10.7 Å². The fourth-order valence-electron chi connectivity index (χ4n) is 3.00. The van der Waals surface area contributed by atoms with E-state index in [0.29, 0.717) is 25.3 Å². The molecule has 1 heterocycles. The number of aromatic nitrogens is 2. The van der Waals surface area contributed by atoms with Gasteiger partial charge in [0.2, 0.25) is 0 Å². The van der Waals surface area contributed by atoms with Crippen molar-refractivity contribution in [2.45, 2.75) is 33.0 Å². The number of hydrogen-bond acceptors (Lipinski definition) is 3. The number of nitrogens with zero attached hydrogens (tertiary/aromatic N) is 2. The molecule has 1 aromatic heterocycles. The lowest BCUT2D eigenvalue weighted by Gasteiger charge is -2.15. The van der Waals surface area contributed by atoms with Crippen LogP contribution in [0.3, 0.4) is 0 Å². The zero-order valence-corrected chi connectivity index (χ0v) is 17.7. The van der Waals surface area contributed by atoms with Crippen LogP contribution in [0.5, 0.6) is 5.75 Å². The predicted octanol–water partition coefficient (Wildman–Crippen LogP) is 5.95. The maximum atomic E-state index is 13.2. The number of anilines is 1. The molecule has 0 saturated carbocycles. The first-order chi connectivity index (χ1) is 14.7. The van der Waals surface area contributed by atoms with Gasteiger partial charge < -0.3 is 10.1 Å². The van der Waals surface area contributed by atoms with E-state index in [1.807, 2.05) is 37.3 Å². The average Bonchev–Trinajstić information content (AvgIpc) is 3.00. The van der Waals surface area contributed by atoms with Crippen molar-refractivity contribution in [3.8, 4) is 5.75 Å². The van der Waals surface area contributed by atoms with Crippen molar-refractivity contribution < 1.29 is 22.7 Å². The highest BCUT2D eigenvalue weighted by molar-refractivity contribution is 6.33. The zero-order valence-electron chi connectivity index (χ0n) is 17.0. The van der Waals surface area contributed by atoms with Crippen LogP contribution < -0.4 is 10.1 Å². The minimum atomic E-state index is -4.56. The lowest BCUT2D eigenvalue weighted by atomic mass is 10.1. The van der Waals surface area contributed by atoms with E-state index < -0.39 is 17.6 Å². The standard InChI is InChI=1S/C22H21ClF3N3O2/c1-3-11-31-18-10-9-16(22(24,25)26)12-17(18)27-21(30)19-14(2)28-29(20(19)23)13-15-7-5-4-6-8-15/h4-10,12H,3,11,13H2,1-2H3,(H,27,30). The number of hydrogen-bond donors (Lipinski definition) is 1. The summed E-state index contributed by atoms with van der Waals surface area (Å²) in [7, 11) is 0. The molecule has 0 aliphatic rings. The van der Waals surface area contributed by atoms with Crippen LogP contribution in [0.1, 0.15) is 40.5 Å². The number of benzene rings is 2. The molecule has 0 fully saturated rings. The Labute approximate surface area is 182 Å². The van der Waals surface area contributed by atoms with Crippen LogP contribution in [0.25, 0.3) is 0 Å². The minimum absolute atomic E-state index is 0.0837. The molecule has 0 unspecified atom stereocenters. The summed E-state index contributed by atoms with van der Waals surface area (Å²) in [5, 5.41) is 6.91. The summed E-state index contributed by atoms with van der Waals surface area (Å²) in [5.41, 5.74) is 0.415. The molecule has 0 saturated heterocycles. The second-order valence-corrected chi connectivity index (χ2v) is 7.26. The van der Waals surface area contributed by atoms with Crippen LogP contribution in [0.2, 0.25) is 5.15 Å². The van der Waals surface area contributed by atoms with E-state index in [2.05, 4.69) is 10.4 Å². The molecule has 0 bridgehead atoms. The van der Waals surface area contributed by atoms with E-state index in [-0.39, 0.29) is 22.2 Å². The number of nitrogens with one attached hydrogen (secondary N) is 1. The average molecular weight is 452 g/mol. The van der Waals surface area contributed by atoms with Crippen molar-refractivity contribution >= 4 is 23.2 Å². The quantitative estimate of drug-likeness (QED) is 0.482. The van der Waals surface area contributed by atoms with E-state index in [4.69, 9.17) is 16.3 Å². The Hall–Kier alpha value is -3.00. The molecule has 3 aromatic rings. The molecular formula is C22H21ClF3N3O2. The van der Waals surface area contributed by atoms with Gasteiger partial charge in [0.25, 0.3) is 5.91 Å². The topological polar surface area (TPSA) is 56.1 Å². The zero-order chi connectivity index (χ0) is 22.6. The number of amides is 1. The van der Waals surface area contributed by atoms with Gasteiger partial charge in [0.05, 0.1) is 35.7 Å². The first-order valence-corrected chi connectivity index (χ1v) is 10.0. The van der Waals surface area contributed by atoms with Crippen molar-refractivity contribution in [2.75, 3.05) is 11.9 Å². The Morgan fingerprint density at radius 3 is 2.55 bits per heavy atom. The highest BCUT2D eigenvalue weighted by Crippen LogP contribution is 2.35. The second kappa shape index (κ2) is 9.43. The Morgan fingerprint density at radius 2 is 1.90 bits per heavy atom. The summed E-state index contributed by atoms with van der Waals surface area (Å²) in [6.07, 6.45) is -3.90. The Balaban J connectivity index is 1.90. The summed E-state index contributed by atoms with van der Waals surface area (Å²) < 4.78 is 46.5. The largest absolute Gasteiger partial charge is 0.491 e. The molecule has 1 amide bonds. The first kappa shape index (κ1) is 22.7. The van der Waals surface area contributed by atoms with Gasteiger partial charge in [-0.15, -0.1) is 0 Å². The smallest absolute Gasteiger partial charge is 0.416 e. The Kier molecular flexibility index (Phi) is 6.90. The number of alkyl halides is 3. The van der Waals surface area contributed by atoms with Crippen LogP contribution in [-0.2, 0) is 12.7 Å². The Morgan fingerprint density at radius 1 is 1.19 bits per heavy atom. The third-order valence-electron chi connectivity index (χ3n) is 4.48. The van der Waals surface area contributed by atoms with Gasteiger partial charge in [-0.3, -0.25) is 4.79 Å². The number of halogens is 4. The van der Waals surface area contributed by atoms with E-state index in [9.17, 15) is 18.0 Å². The molecule has 0 atom stereocenters. The summed E-state index contributed by atoms with van der Waals surface area (Å²) in [6, 6.07) is 12.4. The van der Waals surface area contributed by atoms with E-state index in [1.54, 1.807) is 6.92 Å². The van der Waals surface area contributed by atoms with Crippen molar-refractivity contribution in [1.82, 2.24) is 9.78 Å². The van der Waals surface area contributed by atoms with E-state index in [0.717, 1.165) is 17.7 Å². The number of aryl methyl sites for hydroxylation is 1. The molecule has 0 radical (unpaired) electrons. The van der Waals surface area contributed by atoms with Crippen molar-refractivity contribution in [1.29, 1.82) is 0 Å². The maximum Gasteiger partial charge on any atom is 0.416 e. The SMILES string of the molecule is CCCOc1ccc(C(F)(F)F)cc1NC(=O)c1c(C)nn(Cc2ccccc2)c1Cl. The minimum Gasteiger partial charge on any atom is -0.491 e. The molecule has 2 aromatic carbocycles. The molecule has 0 spiro atoms. The molecule has 0 aliphatic carbocycles. The monoisotopic (exact) mass is 451 g/mol. The Bertz CT molecular complexity index is 1070. The van der Waals surface area contributed by atoms with Crippen LogP contribution in [-0.4, -0.2) is 22.3 Å². The predicted molar refractivity (Wildman–Crippen MR) is 113 cm³/mol. The number of rotatable bonds is 7. The number of ether oxygens (including phenoxy) is 1. The highest BCUT2D eigenvalue weighted by Gasteiger charge is 2.32. The molecule has 0 aliphatic heterocycles. The van der Waals surface area contributed by atoms with Gasteiger partial charge in [-0.25, -0.2) is 4.68 Å². The van der Waals surface area contributed by atoms with Gasteiger partial charge in [-0.05, 0) is 37.1 Å². The summed E-state index contributed by atoms with van der Waals surface area (Å²) in [4.78, 5) is 12.9. The van der Waals surface area contributed by atoms with Gasteiger partial charge in [-0.1, -0.05) is 48.9 Å². The van der Waals surface area contributed by atoms with Crippen molar-refractivity contribution in [3.63, 3.8) is 0 Å². The van der Waals surface area contributed by atoms with Crippen molar-refractivity contribution in [3.05, 3.63) is 76.1 Å². The molecular weight excluding hydrogens is 431 g/mol. The lowest BCUT2D eigenvalue weighted by Crippen LogP contribution is -2.15. The van der Waals surface area contributed by atoms with Crippen molar-refractivity contribution in [2.24, 2.45) is 0 Å². The van der Waals surface area contributed by atoms with Gasteiger partial charge in [0.1, 0.15) is 10.9 Å². The summed E-state index contributed by atoms with van der Waals surface area (Å²) in [5.74, 6) is -0.517. The fourth-order valence-corrected chi connectivity index (χ4v) is 3.32. The molecule has 31 heavy (non-hydrogen) atoms. The fraction of sp³-hybridized carbons (Fsp3) is 0.273. The molecule has 1 N–H and O–H groups in total. The molecule has 9 heteroatoms. The molecule has 3 rings (SSSR count). The second-order valence-electron chi connectivity index (χ2n) is 6.91. The van der Waals surface area contributed by atoms with Gasteiger partial charge >= 0.3 is 6.18 Å². The third-order valence-corrected chi connectivity index (χ3v) is 4.87. The number of carbonyl (C=O) groups excluding carboxylic acids is 1. The molecule has 164 valence electrons. The van der Waals surface area contributed by atoms with E-state index >= 15 is 0 Å². The summed E-state index contributed by atoms with van der Waals surface area (Å²) in [6.45, 7) is 4.13. The van der Waals surface area contributed by atoms with Crippen LogP contribution in [0.4, 0.5) is 18.9 Å². The van der Waals surface area contributed by atoms with Crippen LogP contribution >= 0.6 is 11.6 Å². The van der Waals surface area contributed by atoms with Gasteiger partial charge in [-0.2, -0.15) is 18.3 Å². The lowest BCUT2D eigenvalue weighted by molar-refractivity contribution is -0.137. The van der Waals surface area contributed by atoms with Gasteiger partial charge in [0.15, 0.2) is 0 Å². The van der Waals surface area contributed by atoms with Crippen LogP contribution in [0.15, 0.2) is 48.5 Å². The highest BCUT2D eigenvalue weighted by atomic mass is 35.5. The third kappa shape index (κ3) is 5.38. The van der Waals surface area contributed by atoms with Crippen LogP contribution in [0, 0.1) is 6.92 Å². The first-order valence-electron chi connectivity index (χ1n) is 9.63. The van der Waals surface area contributed by atoms with Gasteiger partial charge in [0, 0.05) is 0 Å². The molecule has 5 nitrogen and oxygen atoms in total. The normalized spacial score (nSPS) is 11.4.